The summed E-state index contributed by atoms with van der Waals surface area (Å²) >= 11 is 3.25. The van der Waals surface area contributed by atoms with Gasteiger partial charge in [-0.2, -0.15) is 0 Å². The highest BCUT2D eigenvalue weighted by Crippen LogP contribution is 2.32. The molecule has 0 saturated heterocycles. The zero-order valence-electron chi connectivity index (χ0n) is 17.1. The van der Waals surface area contributed by atoms with Gasteiger partial charge in [-0.15, -0.1) is 21.5 Å². The molecule has 154 valence electrons. The Labute approximate surface area is 184 Å². The van der Waals surface area contributed by atoms with Gasteiger partial charge in [0.2, 0.25) is 0 Å². The van der Waals surface area contributed by atoms with Crippen molar-refractivity contribution in [3.05, 3.63) is 65.2 Å². The smallest absolute Gasteiger partial charge is 0.191 e. The number of ether oxygens (including phenoxy) is 1. The lowest BCUT2D eigenvalue weighted by atomic mass is 10.2. The van der Waals surface area contributed by atoms with Crippen LogP contribution in [0, 0.1) is 6.92 Å². The SMILES string of the molecule is CCn1c(SCc2csc(Nc3ccc(C)cc3)n2)nnc1-c1ccccc1OC. The van der Waals surface area contributed by atoms with Crippen LogP contribution in [0.4, 0.5) is 10.8 Å². The molecule has 30 heavy (non-hydrogen) atoms. The highest BCUT2D eigenvalue weighted by atomic mass is 32.2. The summed E-state index contributed by atoms with van der Waals surface area (Å²) in [6.07, 6.45) is 0. The molecule has 0 atom stereocenters. The number of aryl methyl sites for hydroxylation is 1. The van der Waals surface area contributed by atoms with Gasteiger partial charge in [-0.3, -0.25) is 0 Å². The molecule has 0 fully saturated rings. The highest BCUT2D eigenvalue weighted by Gasteiger charge is 2.16. The molecule has 1 N–H and O–H groups in total. The van der Waals surface area contributed by atoms with E-state index in [1.807, 2.05) is 24.3 Å². The fourth-order valence-corrected chi connectivity index (χ4v) is 4.77. The van der Waals surface area contributed by atoms with Crippen LogP contribution in [0.1, 0.15) is 18.2 Å². The summed E-state index contributed by atoms with van der Waals surface area (Å²) in [5, 5.41) is 16.1. The molecule has 8 heteroatoms. The maximum absolute atomic E-state index is 5.49. The summed E-state index contributed by atoms with van der Waals surface area (Å²) in [5.74, 6) is 2.34. The van der Waals surface area contributed by atoms with Gasteiger partial charge in [-0.05, 0) is 38.1 Å². The first-order valence-corrected chi connectivity index (χ1v) is 11.5. The largest absolute Gasteiger partial charge is 0.496 e. The van der Waals surface area contributed by atoms with Gasteiger partial charge in [0.1, 0.15) is 5.75 Å². The number of aromatic nitrogens is 4. The fraction of sp³-hybridized carbons (Fsp3) is 0.227. The number of para-hydroxylation sites is 1. The van der Waals surface area contributed by atoms with E-state index >= 15 is 0 Å². The number of hydrogen-bond donors (Lipinski definition) is 1. The zero-order valence-corrected chi connectivity index (χ0v) is 18.8. The average molecular weight is 438 g/mol. The van der Waals surface area contributed by atoms with E-state index in [9.17, 15) is 0 Å². The maximum Gasteiger partial charge on any atom is 0.191 e. The Morgan fingerprint density at radius 2 is 1.90 bits per heavy atom. The Kier molecular flexibility index (Phi) is 6.35. The highest BCUT2D eigenvalue weighted by molar-refractivity contribution is 7.98. The van der Waals surface area contributed by atoms with Crippen molar-refractivity contribution < 1.29 is 4.74 Å². The van der Waals surface area contributed by atoms with Crippen molar-refractivity contribution in [2.75, 3.05) is 12.4 Å². The van der Waals surface area contributed by atoms with Crippen LogP contribution >= 0.6 is 23.1 Å². The number of nitrogens with one attached hydrogen (secondary N) is 1. The number of benzene rings is 2. The van der Waals surface area contributed by atoms with Crippen LogP contribution in [0.3, 0.4) is 0 Å². The lowest BCUT2D eigenvalue weighted by Gasteiger charge is -2.10. The quantitative estimate of drug-likeness (QED) is 0.353. The standard InChI is InChI=1S/C22H23N5OS2/c1-4-27-20(18-7-5-6-8-19(18)28-3)25-26-22(27)30-14-17-13-29-21(24-17)23-16-11-9-15(2)10-12-16/h5-13H,4,14H2,1-3H3,(H,23,24). The first-order chi connectivity index (χ1) is 14.7. The second-order valence-corrected chi connectivity index (χ2v) is 8.48. The van der Waals surface area contributed by atoms with E-state index in [2.05, 4.69) is 63.6 Å². The van der Waals surface area contributed by atoms with Crippen LogP contribution < -0.4 is 10.1 Å². The third kappa shape index (κ3) is 4.49. The Morgan fingerprint density at radius 3 is 2.67 bits per heavy atom. The van der Waals surface area contributed by atoms with Crippen molar-refractivity contribution in [2.24, 2.45) is 0 Å². The number of methoxy groups -OCH3 is 1. The average Bonchev–Trinajstić information content (AvgIpc) is 3.40. The third-order valence-electron chi connectivity index (χ3n) is 4.58. The predicted molar refractivity (Wildman–Crippen MR) is 124 cm³/mol. The van der Waals surface area contributed by atoms with E-state index in [1.54, 1.807) is 30.2 Å². The second kappa shape index (κ2) is 9.32. The maximum atomic E-state index is 5.49. The summed E-state index contributed by atoms with van der Waals surface area (Å²) in [4.78, 5) is 4.70. The van der Waals surface area contributed by atoms with Gasteiger partial charge in [0.15, 0.2) is 16.1 Å². The fourth-order valence-electron chi connectivity index (χ4n) is 3.04. The molecule has 0 radical (unpaired) electrons. The number of rotatable bonds is 8. The molecule has 0 bridgehead atoms. The second-order valence-electron chi connectivity index (χ2n) is 6.67. The predicted octanol–water partition coefficient (Wildman–Crippen LogP) is 5.77. The first kappa shape index (κ1) is 20.4. The molecule has 2 aromatic carbocycles. The summed E-state index contributed by atoms with van der Waals surface area (Å²) in [6.45, 7) is 4.95. The van der Waals surface area contributed by atoms with Crippen molar-refractivity contribution >= 4 is 33.9 Å². The number of thiazole rings is 1. The molecule has 0 unspecified atom stereocenters. The summed E-state index contributed by atoms with van der Waals surface area (Å²) < 4.78 is 7.60. The van der Waals surface area contributed by atoms with Crippen molar-refractivity contribution in [3.63, 3.8) is 0 Å². The third-order valence-corrected chi connectivity index (χ3v) is 6.39. The van der Waals surface area contributed by atoms with Crippen LogP contribution in [-0.2, 0) is 12.3 Å². The topological polar surface area (TPSA) is 64.9 Å². The van der Waals surface area contributed by atoms with E-state index in [4.69, 9.17) is 9.72 Å². The molecule has 0 spiro atoms. The van der Waals surface area contributed by atoms with Gasteiger partial charge in [0.05, 0.1) is 18.4 Å². The molecule has 6 nitrogen and oxygen atoms in total. The number of nitrogens with zero attached hydrogens (tertiary/aromatic N) is 4. The van der Waals surface area contributed by atoms with Crippen LogP contribution in [0.25, 0.3) is 11.4 Å². The summed E-state index contributed by atoms with van der Waals surface area (Å²) in [7, 11) is 1.67. The van der Waals surface area contributed by atoms with E-state index in [1.165, 1.54) is 5.56 Å². The lowest BCUT2D eigenvalue weighted by Crippen LogP contribution is -2.01. The van der Waals surface area contributed by atoms with Crippen molar-refractivity contribution in [1.29, 1.82) is 0 Å². The van der Waals surface area contributed by atoms with Crippen LogP contribution in [0.5, 0.6) is 5.75 Å². The summed E-state index contributed by atoms with van der Waals surface area (Å²) in [5.41, 5.74) is 4.24. The molecule has 0 aliphatic carbocycles. The van der Waals surface area contributed by atoms with Crippen molar-refractivity contribution in [2.45, 2.75) is 31.3 Å². The van der Waals surface area contributed by atoms with Crippen molar-refractivity contribution in [3.8, 4) is 17.1 Å². The molecule has 4 rings (SSSR count). The Bertz CT molecular complexity index is 1120. The minimum Gasteiger partial charge on any atom is -0.496 e. The molecule has 0 amide bonds. The molecular weight excluding hydrogens is 414 g/mol. The number of thioether (sulfide) groups is 1. The number of anilines is 2. The molecule has 2 aromatic heterocycles. The van der Waals surface area contributed by atoms with Gasteiger partial charge < -0.3 is 14.6 Å². The summed E-state index contributed by atoms with van der Waals surface area (Å²) in [6, 6.07) is 16.2. The van der Waals surface area contributed by atoms with E-state index < -0.39 is 0 Å². The minimum atomic E-state index is 0.732. The van der Waals surface area contributed by atoms with Gasteiger partial charge in [-0.25, -0.2) is 4.98 Å². The molecule has 4 aromatic rings. The molecular formula is C22H23N5OS2. The Morgan fingerprint density at radius 1 is 1.10 bits per heavy atom. The minimum absolute atomic E-state index is 0.732. The molecule has 0 aliphatic heterocycles. The Balaban J connectivity index is 1.46. The van der Waals surface area contributed by atoms with Crippen LogP contribution in [0.2, 0.25) is 0 Å². The molecule has 0 aliphatic rings. The van der Waals surface area contributed by atoms with Crippen molar-refractivity contribution in [1.82, 2.24) is 19.7 Å². The van der Waals surface area contributed by atoms with E-state index in [-0.39, 0.29) is 0 Å². The number of hydrogen-bond acceptors (Lipinski definition) is 7. The lowest BCUT2D eigenvalue weighted by molar-refractivity contribution is 0.416. The van der Waals surface area contributed by atoms with E-state index in [0.29, 0.717) is 0 Å². The first-order valence-electron chi connectivity index (χ1n) is 9.65. The van der Waals surface area contributed by atoms with E-state index in [0.717, 1.165) is 51.1 Å². The van der Waals surface area contributed by atoms with Crippen LogP contribution in [-0.4, -0.2) is 26.9 Å². The molecule has 0 saturated carbocycles. The monoisotopic (exact) mass is 437 g/mol. The van der Waals surface area contributed by atoms with Gasteiger partial charge in [-0.1, -0.05) is 41.6 Å². The van der Waals surface area contributed by atoms with Gasteiger partial charge >= 0.3 is 0 Å². The van der Waals surface area contributed by atoms with Gasteiger partial charge in [0.25, 0.3) is 0 Å². The zero-order chi connectivity index (χ0) is 20.9. The molecule has 2 heterocycles. The van der Waals surface area contributed by atoms with Gasteiger partial charge in [0, 0.05) is 23.4 Å². The Hall–Kier alpha value is -2.84. The van der Waals surface area contributed by atoms with Crippen LogP contribution in [0.15, 0.2) is 59.1 Å². The normalized spacial score (nSPS) is 10.9.